The summed E-state index contributed by atoms with van der Waals surface area (Å²) in [5.74, 6) is 2.05. The highest BCUT2D eigenvalue weighted by molar-refractivity contribution is 5.80. The molecule has 1 aromatic heterocycles. The molecule has 1 saturated heterocycles. The summed E-state index contributed by atoms with van der Waals surface area (Å²) in [5.41, 5.74) is 2.23. The number of guanidine groups is 1. The molecule has 1 aliphatic rings. The molecular weight excluding hydrogens is 362 g/mol. The van der Waals surface area contributed by atoms with Crippen molar-refractivity contribution in [2.45, 2.75) is 46.0 Å². The molecule has 2 N–H and O–H groups in total. The molecule has 29 heavy (non-hydrogen) atoms. The monoisotopic (exact) mass is 395 g/mol. The Kier molecular flexibility index (Phi) is 7.47. The van der Waals surface area contributed by atoms with Crippen molar-refractivity contribution in [1.29, 1.82) is 0 Å². The molecule has 0 saturated carbocycles. The Morgan fingerprint density at radius 1 is 1.21 bits per heavy atom. The van der Waals surface area contributed by atoms with Crippen LogP contribution in [-0.2, 0) is 13.2 Å². The molecule has 0 aliphatic carbocycles. The predicted molar refractivity (Wildman–Crippen MR) is 118 cm³/mol. The summed E-state index contributed by atoms with van der Waals surface area (Å²) in [7, 11) is 1.82. The Labute approximate surface area is 174 Å². The van der Waals surface area contributed by atoms with Crippen LogP contribution in [-0.4, -0.2) is 48.1 Å². The number of nitrogens with zero attached hydrogens (tertiary/aromatic N) is 3. The van der Waals surface area contributed by atoms with Crippen LogP contribution in [0.2, 0.25) is 0 Å². The van der Waals surface area contributed by atoms with Gasteiger partial charge in [0.15, 0.2) is 5.96 Å². The molecule has 156 valence electrons. The fourth-order valence-corrected chi connectivity index (χ4v) is 3.54. The van der Waals surface area contributed by atoms with Gasteiger partial charge in [-0.25, -0.2) is 4.98 Å². The van der Waals surface area contributed by atoms with E-state index in [1.54, 1.807) is 6.20 Å². The molecule has 2 aromatic rings. The van der Waals surface area contributed by atoms with Gasteiger partial charge in [-0.2, -0.15) is 0 Å². The molecule has 1 aromatic carbocycles. The van der Waals surface area contributed by atoms with Crippen LogP contribution in [0, 0.1) is 5.92 Å². The fourth-order valence-electron chi connectivity index (χ4n) is 3.54. The predicted octanol–water partition coefficient (Wildman–Crippen LogP) is 3.05. The average molecular weight is 396 g/mol. The summed E-state index contributed by atoms with van der Waals surface area (Å²) in [6.07, 6.45) is 1.78. The SMILES string of the molecule is CN=C(NCc1ccnc(OCc2ccccc2)c1)NC1CN(C(C)C)CC1C. The van der Waals surface area contributed by atoms with Crippen LogP contribution in [0.4, 0.5) is 0 Å². The largest absolute Gasteiger partial charge is 0.473 e. The van der Waals surface area contributed by atoms with Gasteiger partial charge in [-0.05, 0) is 37.0 Å². The zero-order valence-electron chi connectivity index (χ0n) is 17.9. The van der Waals surface area contributed by atoms with Crippen molar-refractivity contribution < 1.29 is 4.74 Å². The minimum Gasteiger partial charge on any atom is -0.473 e. The summed E-state index contributed by atoms with van der Waals surface area (Å²) < 4.78 is 5.83. The summed E-state index contributed by atoms with van der Waals surface area (Å²) >= 11 is 0. The number of pyridine rings is 1. The maximum atomic E-state index is 5.83. The van der Waals surface area contributed by atoms with E-state index in [0.717, 1.165) is 30.2 Å². The molecule has 0 spiro atoms. The third-order valence-electron chi connectivity index (χ3n) is 5.41. The number of benzene rings is 1. The molecule has 0 radical (unpaired) electrons. The summed E-state index contributed by atoms with van der Waals surface area (Å²) in [6, 6.07) is 15.1. The van der Waals surface area contributed by atoms with Crippen LogP contribution in [0.3, 0.4) is 0 Å². The van der Waals surface area contributed by atoms with Gasteiger partial charge in [0.25, 0.3) is 0 Å². The van der Waals surface area contributed by atoms with Crippen molar-refractivity contribution in [1.82, 2.24) is 20.5 Å². The lowest BCUT2D eigenvalue weighted by molar-refractivity contribution is 0.265. The van der Waals surface area contributed by atoms with Gasteiger partial charge in [0.2, 0.25) is 5.88 Å². The van der Waals surface area contributed by atoms with Crippen molar-refractivity contribution in [3.8, 4) is 5.88 Å². The van der Waals surface area contributed by atoms with Crippen LogP contribution in [0.1, 0.15) is 31.9 Å². The second-order valence-corrected chi connectivity index (χ2v) is 7.98. The number of nitrogens with one attached hydrogen (secondary N) is 2. The van der Waals surface area contributed by atoms with Crippen LogP contribution >= 0.6 is 0 Å². The first-order valence-electron chi connectivity index (χ1n) is 10.4. The van der Waals surface area contributed by atoms with E-state index in [9.17, 15) is 0 Å². The van der Waals surface area contributed by atoms with E-state index in [2.05, 4.69) is 46.3 Å². The first kappa shape index (κ1) is 21.1. The lowest BCUT2D eigenvalue weighted by Gasteiger charge is -2.22. The molecule has 2 unspecified atom stereocenters. The minimum atomic E-state index is 0.408. The Hall–Kier alpha value is -2.60. The molecule has 3 rings (SSSR count). The van der Waals surface area contributed by atoms with E-state index < -0.39 is 0 Å². The summed E-state index contributed by atoms with van der Waals surface area (Å²) in [6.45, 7) is 10.2. The molecule has 1 fully saturated rings. The molecule has 1 aliphatic heterocycles. The first-order chi connectivity index (χ1) is 14.0. The number of ether oxygens (including phenoxy) is 1. The second kappa shape index (κ2) is 10.3. The van der Waals surface area contributed by atoms with Gasteiger partial charge in [-0.15, -0.1) is 0 Å². The number of likely N-dealkylation sites (tertiary alicyclic amines) is 1. The lowest BCUT2D eigenvalue weighted by atomic mass is 10.1. The normalized spacial score (nSPS) is 20.1. The molecule has 2 atom stereocenters. The van der Waals surface area contributed by atoms with Gasteiger partial charge < -0.3 is 15.4 Å². The zero-order chi connectivity index (χ0) is 20.6. The molecule has 0 amide bonds. The highest BCUT2D eigenvalue weighted by Gasteiger charge is 2.31. The van der Waals surface area contributed by atoms with E-state index >= 15 is 0 Å². The van der Waals surface area contributed by atoms with Crippen LogP contribution in [0.15, 0.2) is 53.7 Å². The molecular formula is C23H33N5O. The maximum Gasteiger partial charge on any atom is 0.213 e. The third kappa shape index (κ3) is 6.19. The van der Waals surface area contributed by atoms with Crippen LogP contribution in [0.5, 0.6) is 5.88 Å². The summed E-state index contributed by atoms with van der Waals surface area (Å²) in [5, 5.41) is 7.00. The highest BCUT2D eigenvalue weighted by Crippen LogP contribution is 2.18. The fraction of sp³-hybridized carbons (Fsp3) is 0.478. The second-order valence-electron chi connectivity index (χ2n) is 7.98. The van der Waals surface area contributed by atoms with Crippen molar-refractivity contribution in [2.75, 3.05) is 20.1 Å². The smallest absolute Gasteiger partial charge is 0.213 e. The number of rotatable bonds is 7. The van der Waals surface area contributed by atoms with Crippen molar-refractivity contribution in [3.63, 3.8) is 0 Å². The minimum absolute atomic E-state index is 0.408. The van der Waals surface area contributed by atoms with Gasteiger partial charge >= 0.3 is 0 Å². The van der Waals surface area contributed by atoms with Gasteiger partial charge in [-0.3, -0.25) is 9.89 Å². The zero-order valence-corrected chi connectivity index (χ0v) is 17.9. The summed E-state index contributed by atoms with van der Waals surface area (Å²) in [4.78, 5) is 11.2. The topological polar surface area (TPSA) is 61.8 Å². The van der Waals surface area contributed by atoms with Gasteiger partial charge in [0, 0.05) is 51.0 Å². The Morgan fingerprint density at radius 3 is 2.69 bits per heavy atom. The number of aromatic nitrogens is 1. The van der Waals surface area contributed by atoms with Crippen LogP contribution in [0.25, 0.3) is 0 Å². The Bertz CT molecular complexity index is 793. The first-order valence-corrected chi connectivity index (χ1v) is 10.4. The van der Waals surface area contributed by atoms with Crippen molar-refractivity contribution in [2.24, 2.45) is 10.9 Å². The Balaban J connectivity index is 1.50. The standard InChI is InChI=1S/C23H33N5O/c1-17(2)28-14-18(3)21(15-28)27-23(24-4)26-13-20-10-11-25-22(12-20)29-16-19-8-6-5-7-9-19/h5-12,17-18,21H,13-16H2,1-4H3,(H2,24,26,27). The molecule has 2 heterocycles. The molecule has 0 bridgehead atoms. The maximum absolute atomic E-state index is 5.83. The quantitative estimate of drug-likeness (QED) is 0.557. The van der Waals surface area contributed by atoms with Gasteiger partial charge in [0.1, 0.15) is 6.61 Å². The van der Waals surface area contributed by atoms with E-state index in [4.69, 9.17) is 4.74 Å². The number of hydrogen-bond donors (Lipinski definition) is 2. The highest BCUT2D eigenvalue weighted by atomic mass is 16.5. The van der Waals surface area contributed by atoms with Crippen molar-refractivity contribution >= 4 is 5.96 Å². The lowest BCUT2D eigenvalue weighted by Crippen LogP contribution is -2.46. The molecule has 6 heteroatoms. The third-order valence-corrected chi connectivity index (χ3v) is 5.41. The van der Waals surface area contributed by atoms with E-state index in [1.165, 1.54) is 0 Å². The number of hydrogen-bond acceptors (Lipinski definition) is 4. The molecule has 6 nitrogen and oxygen atoms in total. The van der Waals surface area contributed by atoms with Gasteiger partial charge in [0.05, 0.1) is 0 Å². The van der Waals surface area contributed by atoms with E-state index in [0.29, 0.717) is 37.0 Å². The average Bonchev–Trinajstić information content (AvgIpc) is 3.11. The number of aliphatic imine (C=N–C) groups is 1. The van der Waals surface area contributed by atoms with Gasteiger partial charge in [-0.1, -0.05) is 37.3 Å². The van der Waals surface area contributed by atoms with Crippen molar-refractivity contribution in [3.05, 3.63) is 59.8 Å². The Morgan fingerprint density at radius 2 is 2.00 bits per heavy atom. The van der Waals surface area contributed by atoms with Crippen LogP contribution < -0.4 is 15.4 Å². The van der Waals surface area contributed by atoms with E-state index in [-0.39, 0.29) is 0 Å². The van der Waals surface area contributed by atoms with E-state index in [1.807, 2.05) is 49.5 Å².